The number of hydrogen-bond donors (Lipinski definition) is 2. The Bertz CT molecular complexity index is 383. The fourth-order valence-corrected chi connectivity index (χ4v) is 2.29. The number of hydrogen-bond acceptors (Lipinski definition) is 4. The average molecular weight is 251 g/mol. The summed E-state index contributed by atoms with van der Waals surface area (Å²) >= 11 is 0. The molecule has 0 aliphatic heterocycles. The fraction of sp³-hybridized carbons (Fsp3) is 0.692. The van der Waals surface area contributed by atoms with E-state index < -0.39 is 0 Å². The lowest BCUT2D eigenvalue weighted by Crippen LogP contribution is -2.41. The molecule has 1 aliphatic carbocycles. The Hall–Kier alpha value is -1.36. The smallest absolute Gasteiger partial charge is 0.234 e. The molecule has 0 radical (unpaired) electrons. The van der Waals surface area contributed by atoms with Crippen LogP contribution in [-0.2, 0) is 11.3 Å². The van der Waals surface area contributed by atoms with Gasteiger partial charge in [-0.2, -0.15) is 0 Å². The third-order valence-corrected chi connectivity index (χ3v) is 3.20. The minimum Gasteiger partial charge on any atom is -0.445 e. The van der Waals surface area contributed by atoms with Gasteiger partial charge >= 0.3 is 0 Å². The van der Waals surface area contributed by atoms with Crippen LogP contribution >= 0.6 is 0 Å². The van der Waals surface area contributed by atoms with Gasteiger partial charge in [0, 0.05) is 6.04 Å². The lowest BCUT2D eigenvalue weighted by Gasteiger charge is -2.22. The molecule has 2 rings (SSSR count). The first-order chi connectivity index (χ1) is 8.74. The molecule has 0 saturated heterocycles. The summed E-state index contributed by atoms with van der Waals surface area (Å²) in [5.74, 6) is 1.47. The summed E-state index contributed by atoms with van der Waals surface area (Å²) in [7, 11) is 0. The molecule has 5 nitrogen and oxygen atoms in total. The molecule has 0 aromatic carbocycles. The van der Waals surface area contributed by atoms with Crippen molar-refractivity contribution < 1.29 is 9.21 Å². The number of oxazole rings is 1. The van der Waals surface area contributed by atoms with Crippen LogP contribution in [-0.4, -0.2) is 23.5 Å². The SMILES string of the molecule is Cc1cnc(CNCC(=O)NC2CCCCC2)o1. The molecule has 1 aromatic heterocycles. The molecule has 1 heterocycles. The van der Waals surface area contributed by atoms with Crippen LogP contribution in [0.5, 0.6) is 0 Å². The molecule has 18 heavy (non-hydrogen) atoms. The first-order valence-corrected chi connectivity index (χ1v) is 6.65. The highest BCUT2D eigenvalue weighted by molar-refractivity contribution is 5.78. The topological polar surface area (TPSA) is 67.2 Å². The van der Waals surface area contributed by atoms with Crippen molar-refractivity contribution in [2.24, 2.45) is 0 Å². The van der Waals surface area contributed by atoms with Crippen molar-refractivity contribution >= 4 is 5.91 Å². The molecule has 0 atom stereocenters. The molecule has 5 heteroatoms. The Morgan fingerprint density at radius 2 is 2.22 bits per heavy atom. The normalized spacial score (nSPS) is 16.7. The Morgan fingerprint density at radius 1 is 1.44 bits per heavy atom. The molecule has 2 N–H and O–H groups in total. The summed E-state index contributed by atoms with van der Waals surface area (Å²) < 4.78 is 5.31. The van der Waals surface area contributed by atoms with E-state index in [0.29, 0.717) is 25.0 Å². The second-order valence-electron chi connectivity index (χ2n) is 4.87. The summed E-state index contributed by atoms with van der Waals surface area (Å²) in [6.07, 6.45) is 7.67. The van der Waals surface area contributed by atoms with E-state index in [1.165, 1.54) is 19.3 Å². The number of aryl methyl sites for hydroxylation is 1. The largest absolute Gasteiger partial charge is 0.445 e. The van der Waals surface area contributed by atoms with Crippen molar-refractivity contribution in [3.63, 3.8) is 0 Å². The van der Waals surface area contributed by atoms with Crippen LogP contribution < -0.4 is 10.6 Å². The van der Waals surface area contributed by atoms with Gasteiger partial charge in [-0.25, -0.2) is 4.98 Å². The van der Waals surface area contributed by atoms with Gasteiger partial charge in [0.05, 0.1) is 19.3 Å². The van der Waals surface area contributed by atoms with Gasteiger partial charge in [0.25, 0.3) is 0 Å². The number of carbonyl (C=O) groups excluding carboxylic acids is 1. The van der Waals surface area contributed by atoms with E-state index in [-0.39, 0.29) is 5.91 Å². The number of amides is 1. The van der Waals surface area contributed by atoms with Crippen molar-refractivity contribution in [3.8, 4) is 0 Å². The minimum absolute atomic E-state index is 0.0604. The van der Waals surface area contributed by atoms with Crippen LogP contribution in [0.15, 0.2) is 10.6 Å². The van der Waals surface area contributed by atoms with Gasteiger partial charge in [-0.1, -0.05) is 19.3 Å². The fourth-order valence-electron chi connectivity index (χ4n) is 2.29. The molecule has 0 unspecified atom stereocenters. The number of nitrogens with zero attached hydrogens (tertiary/aromatic N) is 1. The highest BCUT2D eigenvalue weighted by Gasteiger charge is 2.15. The van der Waals surface area contributed by atoms with Crippen LogP contribution in [0.1, 0.15) is 43.8 Å². The molecule has 1 fully saturated rings. The van der Waals surface area contributed by atoms with Crippen molar-refractivity contribution in [2.45, 2.75) is 51.6 Å². The summed E-state index contributed by atoms with van der Waals surface area (Å²) in [4.78, 5) is 15.7. The standard InChI is InChI=1S/C13H21N3O2/c1-10-7-15-13(18-10)9-14-8-12(17)16-11-5-3-2-4-6-11/h7,11,14H,2-6,8-9H2,1H3,(H,16,17). The maximum atomic E-state index is 11.7. The van der Waals surface area contributed by atoms with Gasteiger partial charge in [-0.15, -0.1) is 0 Å². The maximum absolute atomic E-state index is 11.7. The zero-order valence-corrected chi connectivity index (χ0v) is 10.9. The molecule has 1 amide bonds. The van der Waals surface area contributed by atoms with Crippen LogP contribution in [0.4, 0.5) is 0 Å². The third-order valence-electron chi connectivity index (χ3n) is 3.20. The molecule has 100 valence electrons. The van der Waals surface area contributed by atoms with E-state index in [1.54, 1.807) is 6.20 Å². The van der Waals surface area contributed by atoms with Crippen LogP contribution in [0.3, 0.4) is 0 Å². The number of aromatic nitrogens is 1. The first kappa shape index (κ1) is 13.1. The van der Waals surface area contributed by atoms with Gasteiger partial charge in [-0.3, -0.25) is 10.1 Å². The van der Waals surface area contributed by atoms with Crippen LogP contribution in [0.2, 0.25) is 0 Å². The van der Waals surface area contributed by atoms with E-state index >= 15 is 0 Å². The highest BCUT2D eigenvalue weighted by Crippen LogP contribution is 2.17. The second-order valence-corrected chi connectivity index (χ2v) is 4.87. The lowest BCUT2D eigenvalue weighted by molar-refractivity contribution is -0.121. The zero-order valence-electron chi connectivity index (χ0n) is 10.9. The van der Waals surface area contributed by atoms with Gasteiger partial charge in [-0.05, 0) is 19.8 Å². The van der Waals surface area contributed by atoms with Crippen molar-refractivity contribution in [1.82, 2.24) is 15.6 Å². The van der Waals surface area contributed by atoms with E-state index in [4.69, 9.17) is 4.42 Å². The van der Waals surface area contributed by atoms with Crippen LogP contribution in [0, 0.1) is 6.92 Å². The summed E-state index contributed by atoms with van der Waals surface area (Å²) in [6, 6.07) is 0.372. The number of rotatable bonds is 5. The Kier molecular flexibility index (Phi) is 4.75. The van der Waals surface area contributed by atoms with Gasteiger partial charge < -0.3 is 9.73 Å². The predicted octanol–water partition coefficient (Wildman–Crippen LogP) is 1.52. The second kappa shape index (κ2) is 6.54. The van der Waals surface area contributed by atoms with E-state index in [0.717, 1.165) is 18.6 Å². The van der Waals surface area contributed by atoms with Crippen molar-refractivity contribution in [2.75, 3.05) is 6.54 Å². The van der Waals surface area contributed by atoms with Gasteiger partial charge in [0.1, 0.15) is 5.76 Å². The minimum atomic E-state index is 0.0604. The zero-order chi connectivity index (χ0) is 12.8. The summed E-state index contributed by atoms with van der Waals surface area (Å²) in [5, 5.41) is 6.09. The molecule has 1 saturated carbocycles. The number of nitrogens with one attached hydrogen (secondary N) is 2. The maximum Gasteiger partial charge on any atom is 0.234 e. The molecular weight excluding hydrogens is 230 g/mol. The van der Waals surface area contributed by atoms with Crippen molar-refractivity contribution in [1.29, 1.82) is 0 Å². The predicted molar refractivity (Wildman–Crippen MR) is 68.0 cm³/mol. The van der Waals surface area contributed by atoms with E-state index in [2.05, 4.69) is 15.6 Å². The lowest BCUT2D eigenvalue weighted by atomic mass is 9.95. The summed E-state index contributed by atoms with van der Waals surface area (Å²) in [6.45, 7) is 2.66. The molecule has 1 aromatic rings. The first-order valence-electron chi connectivity index (χ1n) is 6.65. The van der Waals surface area contributed by atoms with E-state index in [1.807, 2.05) is 6.92 Å². The quantitative estimate of drug-likeness (QED) is 0.832. The highest BCUT2D eigenvalue weighted by atomic mass is 16.4. The Balaban J connectivity index is 1.62. The summed E-state index contributed by atoms with van der Waals surface area (Å²) in [5.41, 5.74) is 0. The van der Waals surface area contributed by atoms with Crippen LogP contribution in [0.25, 0.3) is 0 Å². The Labute approximate surface area is 107 Å². The monoisotopic (exact) mass is 251 g/mol. The van der Waals surface area contributed by atoms with Crippen molar-refractivity contribution in [3.05, 3.63) is 17.8 Å². The Morgan fingerprint density at radius 3 is 2.89 bits per heavy atom. The van der Waals surface area contributed by atoms with Gasteiger partial charge in [0.15, 0.2) is 0 Å². The third kappa shape index (κ3) is 4.14. The van der Waals surface area contributed by atoms with Gasteiger partial charge in [0.2, 0.25) is 11.8 Å². The number of carbonyl (C=O) groups is 1. The van der Waals surface area contributed by atoms with E-state index in [9.17, 15) is 4.79 Å². The molecular formula is C13H21N3O2. The average Bonchev–Trinajstić information content (AvgIpc) is 2.76. The molecule has 0 spiro atoms. The molecule has 1 aliphatic rings. The molecule has 0 bridgehead atoms.